The lowest BCUT2D eigenvalue weighted by Gasteiger charge is -2.06. The summed E-state index contributed by atoms with van der Waals surface area (Å²) in [7, 11) is 0. The van der Waals surface area contributed by atoms with Crippen LogP contribution < -0.4 is 5.73 Å². The minimum Gasteiger partial charge on any atom is -0.369 e. The SMILES string of the molecule is Nc1nc2ccccc2n1CCc1ccccc1. The molecule has 2 N–H and O–H groups in total. The lowest BCUT2D eigenvalue weighted by molar-refractivity contribution is 0.726. The molecule has 18 heavy (non-hydrogen) atoms. The molecule has 0 aliphatic carbocycles. The van der Waals surface area contributed by atoms with Crippen molar-refractivity contribution in [3.8, 4) is 0 Å². The molecule has 0 saturated carbocycles. The minimum absolute atomic E-state index is 0.590. The van der Waals surface area contributed by atoms with Gasteiger partial charge in [-0.2, -0.15) is 0 Å². The first-order chi connectivity index (χ1) is 8.84. The van der Waals surface area contributed by atoms with Crippen molar-refractivity contribution in [3.05, 3.63) is 60.2 Å². The normalized spacial score (nSPS) is 10.9. The van der Waals surface area contributed by atoms with Crippen molar-refractivity contribution in [1.29, 1.82) is 0 Å². The number of fused-ring (bicyclic) bond motifs is 1. The highest BCUT2D eigenvalue weighted by Gasteiger charge is 2.06. The topological polar surface area (TPSA) is 43.8 Å². The van der Waals surface area contributed by atoms with E-state index in [4.69, 9.17) is 5.73 Å². The van der Waals surface area contributed by atoms with Crippen LogP contribution >= 0.6 is 0 Å². The molecule has 3 rings (SSSR count). The molecule has 1 heterocycles. The minimum atomic E-state index is 0.590. The third kappa shape index (κ3) is 1.95. The number of para-hydroxylation sites is 2. The molecule has 2 aromatic carbocycles. The number of aryl methyl sites for hydroxylation is 2. The summed E-state index contributed by atoms with van der Waals surface area (Å²) in [5, 5.41) is 0. The Hall–Kier alpha value is -2.29. The van der Waals surface area contributed by atoms with Gasteiger partial charge in [0.2, 0.25) is 5.95 Å². The van der Waals surface area contributed by atoms with E-state index in [2.05, 4.69) is 39.9 Å². The fourth-order valence-corrected chi connectivity index (χ4v) is 2.21. The number of nitrogens with zero attached hydrogens (tertiary/aromatic N) is 2. The Bertz CT molecular complexity index is 656. The molecule has 1 aromatic heterocycles. The molecule has 0 aliphatic rings. The Morgan fingerprint density at radius 1 is 0.944 bits per heavy atom. The van der Waals surface area contributed by atoms with Crippen LogP contribution in [0.1, 0.15) is 5.56 Å². The number of hydrogen-bond acceptors (Lipinski definition) is 2. The zero-order valence-corrected chi connectivity index (χ0v) is 10.1. The number of imidazole rings is 1. The van der Waals surface area contributed by atoms with Crippen LogP contribution in [-0.4, -0.2) is 9.55 Å². The van der Waals surface area contributed by atoms with Crippen LogP contribution in [0, 0.1) is 0 Å². The van der Waals surface area contributed by atoms with Crippen molar-refractivity contribution >= 4 is 17.0 Å². The predicted octanol–water partition coefficient (Wildman–Crippen LogP) is 2.86. The molecule has 0 aliphatic heterocycles. The largest absolute Gasteiger partial charge is 0.369 e. The van der Waals surface area contributed by atoms with E-state index in [0.29, 0.717) is 5.95 Å². The summed E-state index contributed by atoms with van der Waals surface area (Å²) in [5.74, 6) is 0.590. The van der Waals surface area contributed by atoms with E-state index in [1.807, 2.05) is 24.3 Å². The Morgan fingerprint density at radius 3 is 2.50 bits per heavy atom. The monoisotopic (exact) mass is 237 g/mol. The van der Waals surface area contributed by atoms with Gasteiger partial charge in [0.25, 0.3) is 0 Å². The summed E-state index contributed by atoms with van der Waals surface area (Å²) in [5.41, 5.74) is 9.35. The fourth-order valence-electron chi connectivity index (χ4n) is 2.21. The van der Waals surface area contributed by atoms with Crippen molar-refractivity contribution < 1.29 is 0 Å². The second kappa shape index (κ2) is 4.53. The number of hydrogen-bond donors (Lipinski definition) is 1. The van der Waals surface area contributed by atoms with Crippen molar-refractivity contribution in [2.45, 2.75) is 13.0 Å². The van der Waals surface area contributed by atoms with Crippen LogP contribution in [0.15, 0.2) is 54.6 Å². The third-order valence-corrected chi connectivity index (χ3v) is 3.15. The van der Waals surface area contributed by atoms with E-state index < -0.39 is 0 Å². The maximum atomic E-state index is 5.97. The van der Waals surface area contributed by atoms with Gasteiger partial charge in [-0.15, -0.1) is 0 Å². The number of nitrogens with two attached hydrogens (primary N) is 1. The van der Waals surface area contributed by atoms with Gasteiger partial charge >= 0.3 is 0 Å². The second-order valence-electron chi connectivity index (χ2n) is 4.35. The van der Waals surface area contributed by atoms with E-state index in [-0.39, 0.29) is 0 Å². The molecule has 0 amide bonds. The highest BCUT2D eigenvalue weighted by Crippen LogP contribution is 2.17. The van der Waals surface area contributed by atoms with Crippen LogP contribution in [0.3, 0.4) is 0 Å². The van der Waals surface area contributed by atoms with E-state index >= 15 is 0 Å². The maximum absolute atomic E-state index is 5.97. The molecule has 3 nitrogen and oxygen atoms in total. The lowest BCUT2D eigenvalue weighted by Crippen LogP contribution is -2.05. The van der Waals surface area contributed by atoms with Crippen molar-refractivity contribution in [3.63, 3.8) is 0 Å². The predicted molar refractivity (Wildman–Crippen MR) is 74.3 cm³/mol. The van der Waals surface area contributed by atoms with Crippen LogP contribution in [-0.2, 0) is 13.0 Å². The number of aromatic nitrogens is 2. The van der Waals surface area contributed by atoms with Crippen LogP contribution in [0.4, 0.5) is 5.95 Å². The average Bonchev–Trinajstić information content (AvgIpc) is 2.73. The first-order valence-electron chi connectivity index (χ1n) is 6.09. The number of nitrogen functional groups attached to an aromatic ring is 1. The molecule has 3 aromatic rings. The molecule has 0 radical (unpaired) electrons. The molecular formula is C15H15N3. The van der Waals surface area contributed by atoms with Gasteiger partial charge in [0, 0.05) is 6.54 Å². The molecule has 0 unspecified atom stereocenters. The smallest absolute Gasteiger partial charge is 0.201 e. The Kier molecular flexibility index (Phi) is 2.73. The lowest BCUT2D eigenvalue weighted by atomic mass is 10.1. The Balaban J connectivity index is 1.89. The molecular weight excluding hydrogens is 222 g/mol. The fraction of sp³-hybridized carbons (Fsp3) is 0.133. The summed E-state index contributed by atoms with van der Waals surface area (Å²) in [6.07, 6.45) is 0.964. The zero-order valence-electron chi connectivity index (χ0n) is 10.1. The summed E-state index contributed by atoms with van der Waals surface area (Å²) >= 11 is 0. The van der Waals surface area contributed by atoms with Gasteiger partial charge in [-0.05, 0) is 24.1 Å². The van der Waals surface area contributed by atoms with E-state index in [9.17, 15) is 0 Å². The standard InChI is InChI=1S/C15H15N3/c16-15-17-13-8-4-5-9-14(13)18(15)11-10-12-6-2-1-3-7-12/h1-9H,10-11H2,(H2,16,17). The molecule has 0 atom stereocenters. The van der Waals surface area contributed by atoms with Crippen LogP contribution in [0.5, 0.6) is 0 Å². The van der Waals surface area contributed by atoms with Gasteiger partial charge in [0.05, 0.1) is 11.0 Å². The number of anilines is 1. The zero-order chi connectivity index (χ0) is 12.4. The Labute approximate surface area is 106 Å². The van der Waals surface area contributed by atoms with Crippen molar-refractivity contribution in [1.82, 2.24) is 9.55 Å². The highest BCUT2D eigenvalue weighted by atomic mass is 15.1. The first kappa shape index (κ1) is 10.8. The maximum Gasteiger partial charge on any atom is 0.201 e. The summed E-state index contributed by atoms with van der Waals surface area (Å²) in [6, 6.07) is 18.5. The second-order valence-corrected chi connectivity index (χ2v) is 4.35. The molecule has 90 valence electrons. The quantitative estimate of drug-likeness (QED) is 0.761. The summed E-state index contributed by atoms with van der Waals surface area (Å²) in [4.78, 5) is 4.37. The first-order valence-corrected chi connectivity index (χ1v) is 6.09. The van der Waals surface area contributed by atoms with Gasteiger partial charge in [0.1, 0.15) is 0 Å². The summed E-state index contributed by atoms with van der Waals surface area (Å²) in [6.45, 7) is 0.858. The van der Waals surface area contributed by atoms with Crippen molar-refractivity contribution in [2.24, 2.45) is 0 Å². The molecule has 0 bridgehead atoms. The average molecular weight is 237 g/mol. The van der Waals surface area contributed by atoms with Crippen LogP contribution in [0.25, 0.3) is 11.0 Å². The van der Waals surface area contributed by atoms with E-state index in [1.165, 1.54) is 5.56 Å². The highest BCUT2D eigenvalue weighted by molar-refractivity contribution is 5.78. The molecule has 0 spiro atoms. The van der Waals surface area contributed by atoms with Gasteiger partial charge in [-0.3, -0.25) is 0 Å². The number of benzene rings is 2. The van der Waals surface area contributed by atoms with Gasteiger partial charge in [0.15, 0.2) is 0 Å². The van der Waals surface area contributed by atoms with E-state index in [1.54, 1.807) is 0 Å². The van der Waals surface area contributed by atoms with Gasteiger partial charge in [-0.1, -0.05) is 42.5 Å². The van der Waals surface area contributed by atoms with Gasteiger partial charge < -0.3 is 10.3 Å². The number of rotatable bonds is 3. The molecule has 0 fully saturated rings. The summed E-state index contributed by atoms with van der Waals surface area (Å²) < 4.78 is 2.07. The molecule has 3 heteroatoms. The van der Waals surface area contributed by atoms with Crippen LogP contribution in [0.2, 0.25) is 0 Å². The van der Waals surface area contributed by atoms with E-state index in [0.717, 1.165) is 24.0 Å². The van der Waals surface area contributed by atoms with Crippen molar-refractivity contribution in [2.75, 3.05) is 5.73 Å². The van der Waals surface area contributed by atoms with Gasteiger partial charge in [-0.25, -0.2) is 4.98 Å². The third-order valence-electron chi connectivity index (χ3n) is 3.15. The molecule has 0 saturated heterocycles. The Morgan fingerprint density at radius 2 is 1.67 bits per heavy atom.